The molecule has 0 bridgehead atoms. The first kappa shape index (κ1) is 24.1. The van der Waals surface area contributed by atoms with Gasteiger partial charge in [0.2, 0.25) is 5.95 Å². The van der Waals surface area contributed by atoms with Crippen LogP contribution in [0.4, 0.5) is 5.95 Å². The number of fused-ring (bicyclic) bond motifs is 1. The molecule has 38 heavy (non-hydrogen) atoms. The van der Waals surface area contributed by atoms with E-state index >= 15 is 0 Å². The molecule has 0 fully saturated rings. The number of nitrogens with zero attached hydrogens (tertiary/aromatic N) is 4. The minimum Gasteiger partial charge on any atom is -0.497 e. The molecule has 1 aliphatic heterocycles. The lowest BCUT2D eigenvalue weighted by Crippen LogP contribution is -2.21. The van der Waals surface area contributed by atoms with E-state index in [1.807, 2.05) is 71.7 Å². The minimum absolute atomic E-state index is 0.0745. The van der Waals surface area contributed by atoms with Crippen LogP contribution in [-0.2, 0) is 0 Å². The van der Waals surface area contributed by atoms with Crippen LogP contribution in [0.15, 0.2) is 107 Å². The SMILES string of the molecule is COc1ccc(C2=NN(c3nc(-c4ccccc4)c4cc(Br)ccc4n3)C(c3ccc(OC)cc3)C2)cc1. The second-order valence-electron chi connectivity index (χ2n) is 9.01. The predicted octanol–water partition coefficient (Wildman–Crippen LogP) is 7.43. The molecule has 7 heteroatoms. The van der Waals surface area contributed by atoms with Crippen LogP contribution < -0.4 is 14.5 Å². The van der Waals surface area contributed by atoms with Crippen LogP contribution >= 0.6 is 15.9 Å². The van der Waals surface area contributed by atoms with Crippen molar-refractivity contribution in [2.45, 2.75) is 12.5 Å². The van der Waals surface area contributed by atoms with Crippen LogP contribution in [0.1, 0.15) is 23.6 Å². The van der Waals surface area contributed by atoms with Crippen molar-refractivity contribution in [2.24, 2.45) is 5.10 Å². The monoisotopic (exact) mass is 564 g/mol. The third-order valence-electron chi connectivity index (χ3n) is 6.73. The fourth-order valence-corrected chi connectivity index (χ4v) is 5.11. The van der Waals surface area contributed by atoms with Gasteiger partial charge in [-0.2, -0.15) is 5.10 Å². The van der Waals surface area contributed by atoms with Crippen LogP contribution in [0.25, 0.3) is 22.2 Å². The zero-order valence-corrected chi connectivity index (χ0v) is 22.6. The van der Waals surface area contributed by atoms with Gasteiger partial charge in [0, 0.05) is 21.8 Å². The first-order valence-electron chi connectivity index (χ1n) is 12.3. The number of hydrogen-bond acceptors (Lipinski definition) is 6. The summed E-state index contributed by atoms with van der Waals surface area (Å²) in [4.78, 5) is 10.1. The van der Waals surface area contributed by atoms with E-state index in [1.165, 1.54) is 0 Å². The highest BCUT2D eigenvalue weighted by molar-refractivity contribution is 9.10. The molecule has 188 valence electrons. The summed E-state index contributed by atoms with van der Waals surface area (Å²) in [6, 6.07) is 32.3. The Bertz CT molecular complexity index is 1620. The van der Waals surface area contributed by atoms with Crippen LogP contribution in [0.2, 0.25) is 0 Å². The Morgan fingerprint density at radius 2 is 1.45 bits per heavy atom. The molecule has 1 unspecified atom stereocenters. The summed E-state index contributed by atoms with van der Waals surface area (Å²) < 4.78 is 11.7. The van der Waals surface area contributed by atoms with Crippen molar-refractivity contribution >= 4 is 38.5 Å². The molecule has 2 heterocycles. The standard InChI is InChI=1S/C31H25BrN4O2/c1-37-24-13-8-20(9-14-24)28-19-29(21-10-15-25(38-2)16-11-21)36(35-28)31-33-27-17-12-23(32)18-26(27)30(34-31)22-6-4-3-5-7-22/h3-18,29H,19H2,1-2H3. The molecule has 6 rings (SSSR count). The Labute approximate surface area is 229 Å². The van der Waals surface area contributed by atoms with Gasteiger partial charge in [-0.3, -0.25) is 0 Å². The highest BCUT2D eigenvalue weighted by Gasteiger charge is 2.32. The number of anilines is 1. The van der Waals surface area contributed by atoms with Gasteiger partial charge in [-0.25, -0.2) is 15.0 Å². The van der Waals surface area contributed by atoms with Crippen molar-refractivity contribution in [3.63, 3.8) is 0 Å². The average Bonchev–Trinajstić information content (AvgIpc) is 3.43. The molecule has 1 aliphatic rings. The second-order valence-corrected chi connectivity index (χ2v) is 9.93. The van der Waals surface area contributed by atoms with Gasteiger partial charge in [-0.1, -0.05) is 58.4 Å². The second kappa shape index (κ2) is 10.3. The van der Waals surface area contributed by atoms with Crippen molar-refractivity contribution in [2.75, 3.05) is 19.2 Å². The van der Waals surface area contributed by atoms with Gasteiger partial charge in [0.1, 0.15) is 11.5 Å². The minimum atomic E-state index is -0.0745. The average molecular weight is 565 g/mol. The fourth-order valence-electron chi connectivity index (χ4n) is 4.75. The van der Waals surface area contributed by atoms with E-state index < -0.39 is 0 Å². The van der Waals surface area contributed by atoms with Crippen molar-refractivity contribution in [3.8, 4) is 22.8 Å². The van der Waals surface area contributed by atoms with Gasteiger partial charge in [0.25, 0.3) is 0 Å². The van der Waals surface area contributed by atoms with Gasteiger partial charge in [-0.15, -0.1) is 0 Å². The Kier molecular flexibility index (Phi) is 6.52. The third-order valence-corrected chi connectivity index (χ3v) is 7.23. The number of methoxy groups -OCH3 is 2. The van der Waals surface area contributed by atoms with Crippen molar-refractivity contribution in [1.29, 1.82) is 0 Å². The maximum atomic E-state index is 5.40. The van der Waals surface area contributed by atoms with Crippen molar-refractivity contribution < 1.29 is 9.47 Å². The van der Waals surface area contributed by atoms with Crippen LogP contribution in [0, 0.1) is 0 Å². The van der Waals surface area contributed by atoms with Crippen molar-refractivity contribution in [1.82, 2.24) is 9.97 Å². The molecule has 1 aromatic heterocycles. The van der Waals surface area contributed by atoms with Crippen LogP contribution in [0.3, 0.4) is 0 Å². The number of hydrazone groups is 1. The Balaban J connectivity index is 1.51. The Morgan fingerprint density at radius 1 is 0.763 bits per heavy atom. The molecule has 0 spiro atoms. The van der Waals surface area contributed by atoms with E-state index in [2.05, 4.69) is 46.3 Å². The zero-order valence-electron chi connectivity index (χ0n) is 21.0. The lowest BCUT2D eigenvalue weighted by molar-refractivity contribution is 0.414. The molecule has 1 atom stereocenters. The number of rotatable bonds is 6. The van der Waals surface area contributed by atoms with E-state index in [0.29, 0.717) is 12.4 Å². The molecule has 0 amide bonds. The summed E-state index contributed by atoms with van der Waals surface area (Å²) in [5.41, 5.74) is 5.87. The number of hydrogen-bond donors (Lipinski definition) is 0. The number of benzene rings is 4. The predicted molar refractivity (Wildman–Crippen MR) is 155 cm³/mol. The lowest BCUT2D eigenvalue weighted by atomic mass is 9.98. The van der Waals surface area contributed by atoms with Gasteiger partial charge < -0.3 is 9.47 Å². The van der Waals surface area contributed by atoms with Crippen LogP contribution in [-0.4, -0.2) is 29.9 Å². The third kappa shape index (κ3) is 4.61. The Morgan fingerprint density at radius 3 is 2.13 bits per heavy atom. The van der Waals surface area contributed by atoms with E-state index in [4.69, 9.17) is 24.5 Å². The molecule has 0 aliphatic carbocycles. The van der Waals surface area contributed by atoms with E-state index in [9.17, 15) is 0 Å². The topological polar surface area (TPSA) is 59.8 Å². The van der Waals surface area contributed by atoms with Gasteiger partial charge in [0.05, 0.1) is 37.2 Å². The summed E-state index contributed by atoms with van der Waals surface area (Å²) in [6.45, 7) is 0. The molecule has 0 saturated carbocycles. The first-order chi connectivity index (χ1) is 18.6. The molecule has 4 aromatic carbocycles. The molecule has 6 nitrogen and oxygen atoms in total. The maximum Gasteiger partial charge on any atom is 0.247 e. The summed E-state index contributed by atoms with van der Waals surface area (Å²) in [6.07, 6.45) is 0.709. The zero-order chi connectivity index (χ0) is 26.1. The van der Waals surface area contributed by atoms with E-state index in [-0.39, 0.29) is 6.04 Å². The first-order valence-corrected chi connectivity index (χ1v) is 13.1. The molecular weight excluding hydrogens is 540 g/mol. The molecule has 0 radical (unpaired) electrons. The number of aromatic nitrogens is 2. The molecule has 0 N–H and O–H groups in total. The molecular formula is C31H25BrN4O2. The number of ether oxygens (including phenoxy) is 2. The highest BCUT2D eigenvalue weighted by Crippen LogP contribution is 2.38. The van der Waals surface area contributed by atoms with Gasteiger partial charge >= 0.3 is 0 Å². The molecule has 0 saturated heterocycles. The Hall–Kier alpha value is -4.23. The number of halogens is 1. The smallest absolute Gasteiger partial charge is 0.247 e. The summed E-state index contributed by atoms with van der Waals surface area (Å²) in [7, 11) is 3.34. The fraction of sp³-hybridized carbons (Fsp3) is 0.129. The molecule has 5 aromatic rings. The van der Waals surface area contributed by atoms with Crippen LogP contribution in [0.5, 0.6) is 11.5 Å². The largest absolute Gasteiger partial charge is 0.497 e. The summed E-state index contributed by atoms with van der Waals surface area (Å²) in [5, 5.41) is 8.02. The quantitative estimate of drug-likeness (QED) is 0.214. The highest BCUT2D eigenvalue weighted by atomic mass is 79.9. The van der Waals surface area contributed by atoms with Gasteiger partial charge in [0.15, 0.2) is 0 Å². The normalized spacial score (nSPS) is 15.0. The van der Waals surface area contributed by atoms with Crippen molar-refractivity contribution in [3.05, 3.63) is 113 Å². The lowest BCUT2D eigenvalue weighted by Gasteiger charge is -2.23. The van der Waals surface area contributed by atoms with E-state index in [1.54, 1.807) is 14.2 Å². The van der Waals surface area contributed by atoms with Gasteiger partial charge in [-0.05, 0) is 65.7 Å². The summed E-state index contributed by atoms with van der Waals surface area (Å²) >= 11 is 3.61. The van der Waals surface area contributed by atoms with E-state index in [0.717, 1.165) is 55.0 Å². The maximum absolute atomic E-state index is 5.40. The summed E-state index contributed by atoms with van der Waals surface area (Å²) in [5.74, 6) is 2.18.